The van der Waals surface area contributed by atoms with Gasteiger partial charge in [0.1, 0.15) is 6.04 Å². The van der Waals surface area contributed by atoms with E-state index in [2.05, 4.69) is 10.6 Å². The molecular formula is C16H22N2O4S. The Balaban J connectivity index is 1.84. The second kappa shape index (κ2) is 8.67. The Bertz CT molecular complexity index is 565. The molecule has 1 aliphatic rings. The minimum atomic E-state index is -0.444. The summed E-state index contributed by atoms with van der Waals surface area (Å²) in [7, 11) is 3.19. The Morgan fingerprint density at radius 1 is 1.35 bits per heavy atom. The molecule has 1 saturated heterocycles. The first-order valence-corrected chi connectivity index (χ1v) is 8.65. The number of ether oxygens (including phenoxy) is 2. The van der Waals surface area contributed by atoms with Gasteiger partial charge in [0.25, 0.3) is 0 Å². The molecule has 0 spiro atoms. The van der Waals surface area contributed by atoms with Crippen molar-refractivity contribution in [3.8, 4) is 11.5 Å². The third kappa shape index (κ3) is 5.06. The zero-order chi connectivity index (χ0) is 16.7. The zero-order valence-electron chi connectivity index (χ0n) is 13.4. The van der Waals surface area contributed by atoms with Crippen LogP contribution in [0.5, 0.6) is 11.5 Å². The zero-order valence-corrected chi connectivity index (χ0v) is 14.2. The third-order valence-corrected chi connectivity index (χ3v) is 4.63. The number of hydrogen-bond donors (Lipinski definition) is 2. The highest BCUT2D eigenvalue weighted by Gasteiger charge is 2.22. The van der Waals surface area contributed by atoms with Crippen molar-refractivity contribution >= 4 is 23.6 Å². The maximum Gasteiger partial charge on any atom is 0.243 e. The van der Waals surface area contributed by atoms with Crippen LogP contribution in [-0.2, 0) is 16.0 Å². The second-order valence-corrected chi connectivity index (χ2v) is 6.33. The molecule has 126 valence electrons. The van der Waals surface area contributed by atoms with Gasteiger partial charge in [0.15, 0.2) is 11.5 Å². The molecule has 0 saturated carbocycles. The van der Waals surface area contributed by atoms with E-state index in [1.54, 1.807) is 26.0 Å². The summed E-state index contributed by atoms with van der Waals surface area (Å²) in [6, 6.07) is 5.24. The van der Waals surface area contributed by atoms with Gasteiger partial charge in [-0.1, -0.05) is 6.07 Å². The van der Waals surface area contributed by atoms with Crippen molar-refractivity contribution in [1.29, 1.82) is 0 Å². The molecule has 0 radical (unpaired) electrons. The normalized spacial score (nSPS) is 17.8. The highest BCUT2D eigenvalue weighted by atomic mass is 32.2. The minimum absolute atomic E-state index is 0.0601. The summed E-state index contributed by atoms with van der Waals surface area (Å²) in [5.74, 6) is 2.54. The van der Waals surface area contributed by atoms with Crippen molar-refractivity contribution in [2.75, 3.05) is 32.3 Å². The Morgan fingerprint density at radius 2 is 2.13 bits per heavy atom. The van der Waals surface area contributed by atoms with Crippen LogP contribution in [0.15, 0.2) is 18.2 Å². The lowest BCUT2D eigenvalue weighted by Crippen LogP contribution is -2.47. The van der Waals surface area contributed by atoms with Crippen LogP contribution in [0.25, 0.3) is 0 Å². The van der Waals surface area contributed by atoms with Gasteiger partial charge < -0.3 is 20.1 Å². The number of carbonyl (C=O) groups excluding carboxylic acids is 2. The van der Waals surface area contributed by atoms with Gasteiger partial charge in [-0.2, -0.15) is 11.8 Å². The molecule has 0 bridgehead atoms. The molecule has 0 aliphatic carbocycles. The number of thioether (sulfide) groups is 1. The van der Waals surface area contributed by atoms with Crippen molar-refractivity contribution in [2.45, 2.75) is 18.9 Å². The van der Waals surface area contributed by atoms with Crippen molar-refractivity contribution in [2.24, 2.45) is 0 Å². The van der Waals surface area contributed by atoms with E-state index in [0.717, 1.165) is 11.3 Å². The predicted molar refractivity (Wildman–Crippen MR) is 90.1 cm³/mol. The summed E-state index contributed by atoms with van der Waals surface area (Å²) >= 11 is 1.62. The van der Waals surface area contributed by atoms with E-state index in [-0.39, 0.29) is 11.8 Å². The standard InChI is InChI=1S/C16H22N2O4S/c1-21-13-4-3-11(9-14(13)22-2)5-7-17-16(20)12-10-23-8-6-15(19)18-12/h3-4,9,12H,5-8,10H2,1-2H3,(H,17,20)(H,18,19)/t12-/m0/s1. The molecule has 1 fully saturated rings. The minimum Gasteiger partial charge on any atom is -0.493 e. The van der Waals surface area contributed by atoms with E-state index in [4.69, 9.17) is 9.47 Å². The average molecular weight is 338 g/mol. The smallest absolute Gasteiger partial charge is 0.243 e. The molecule has 1 aliphatic heterocycles. The van der Waals surface area contributed by atoms with E-state index < -0.39 is 6.04 Å². The monoisotopic (exact) mass is 338 g/mol. The highest BCUT2D eigenvalue weighted by molar-refractivity contribution is 7.99. The van der Waals surface area contributed by atoms with Crippen LogP contribution in [0.4, 0.5) is 0 Å². The Morgan fingerprint density at radius 3 is 2.87 bits per heavy atom. The first-order valence-electron chi connectivity index (χ1n) is 7.49. The van der Waals surface area contributed by atoms with Gasteiger partial charge in [-0.05, 0) is 24.1 Å². The Kier molecular flexibility index (Phi) is 6.58. The van der Waals surface area contributed by atoms with E-state index in [9.17, 15) is 9.59 Å². The summed E-state index contributed by atoms with van der Waals surface area (Å²) in [5.41, 5.74) is 1.04. The molecule has 23 heavy (non-hydrogen) atoms. The Labute approximate surface area is 140 Å². The molecule has 1 aromatic carbocycles. The lowest BCUT2D eigenvalue weighted by Gasteiger charge is -2.15. The molecule has 0 unspecified atom stereocenters. The topological polar surface area (TPSA) is 76.7 Å². The Hall–Kier alpha value is -1.89. The first-order chi connectivity index (χ1) is 11.1. The van der Waals surface area contributed by atoms with Crippen LogP contribution in [0.2, 0.25) is 0 Å². The molecular weight excluding hydrogens is 316 g/mol. The summed E-state index contributed by atoms with van der Waals surface area (Å²) in [6.07, 6.45) is 1.15. The summed E-state index contributed by atoms with van der Waals surface area (Å²) in [5, 5.41) is 5.63. The second-order valence-electron chi connectivity index (χ2n) is 5.18. The molecule has 2 N–H and O–H groups in total. The number of rotatable bonds is 6. The molecule has 6 nitrogen and oxygen atoms in total. The average Bonchev–Trinajstić information content (AvgIpc) is 2.79. The SMILES string of the molecule is COc1ccc(CCNC(=O)[C@@H]2CSCCC(=O)N2)cc1OC. The highest BCUT2D eigenvalue weighted by Crippen LogP contribution is 2.27. The fraction of sp³-hybridized carbons (Fsp3) is 0.500. The number of benzene rings is 1. The van der Waals surface area contributed by atoms with Gasteiger partial charge in [0.05, 0.1) is 14.2 Å². The quantitative estimate of drug-likeness (QED) is 0.809. The van der Waals surface area contributed by atoms with E-state index in [1.165, 1.54) is 0 Å². The van der Waals surface area contributed by atoms with Gasteiger partial charge >= 0.3 is 0 Å². The lowest BCUT2D eigenvalue weighted by atomic mass is 10.1. The molecule has 7 heteroatoms. The van der Waals surface area contributed by atoms with Crippen LogP contribution < -0.4 is 20.1 Å². The van der Waals surface area contributed by atoms with Gasteiger partial charge in [0, 0.05) is 24.5 Å². The number of hydrogen-bond acceptors (Lipinski definition) is 5. The van der Waals surface area contributed by atoms with Gasteiger partial charge in [0.2, 0.25) is 11.8 Å². The summed E-state index contributed by atoms with van der Waals surface area (Å²) in [4.78, 5) is 23.6. The van der Waals surface area contributed by atoms with Crippen LogP contribution >= 0.6 is 11.8 Å². The van der Waals surface area contributed by atoms with E-state index in [0.29, 0.717) is 36.6 Å². The maximum atomic E-state index is 12.1. The van der Waals surface area contributed by atoms with Gasteiger partial charge in [-0.15, -0.1) is 0 Å². The fourth-order valence-electron chi connectivity index (χ4n) is 2.30. The maximum absolute atomic E-state index is 12.1. The van der Waals surface area contributed by atoms with Crippen LogP contribution in [-0.4, -0.2) is 50.1 Å². The molecule has 1 heterocycles. The number of nitrogens with one attached hydrogen (secondary N) is 2. The van der Waals surface area contributed by atoms with E-state index >= 15 is 0 Å². The van der Waals surface area contributed by atoms with Gasteiger partial charge in [-0.3, -0.25) is 9.59 Å². The molecule has 0 aromatic heterocycles. The first kappa shape index (κ1) is 17.5. The number of methoxy groups -OCH3 is 2. The van der Waals surface area contributed by atoms with Crippen molar-refractivity contribution in [1.82, 2.24) is 10.6 Å². The largest absolute Gasteiger partial charge is 0.493 e. The molecule has 1 aromatic rings. The molecule has 2 rings (SSSR count). The van der Waals surface area contributed by atoms with Gasteiger partial charge in [-0.25, -0.2) is 0 Å². The van der Waals surface area contributed by atoms with E-state index in [1.807, 2.05) is 18.2 Å². The van der Waals surface area contributed by atoms with Crippen molar-refractivity contribution in [3.05, 3.63) is 23.8 Å². The summed E-state index contributed by atoms with van der Waals surface area (Å²) in [6.45, 7) is 0.505. The predicted octanol–water partition coefficient (Wildman–Crippen LogP) is 0.984. The lowest BCUT2D eigenvalue weighted by molar-refractivity contribution is -0.128. The fourth-order valence-corrected chi connectivity index (χ4v) is 3.27. The van der Waals surface area contributed by atoms with Crippen LogP contribution in [0.3, 0.4) is 0 Å². The third-order valence-electron chi connectivity index (χ3n) is 3.57. The van der Waals surface area contributed by atoms with Crippen LogP contribution in [0.1, 0.15) is 12.0 Å². The number of carbonyl (C=O) groups is 2. The van der Waals surface area contributed by atoms with Crippen molar-refractivity contribution < 1.29 is 19.1 Å². The van der Waals surface area contributed by atoms with Crippen LogP contribution in [0, 0.1) is 0 Å². The summed E-state index contributed by atoms with van der Waals surface area (Å²) < 4.78 is 10.5. The van der Waals surface area contributed by atoms with Crippen molar-refractivity contribution in [3.63, 3.8) is 0 Å². The molecule has 1 atom stereocenters. The number of amides is 2. The molecule has 2 amide bonds.